The monoisotopic (exact) mass is 322 g/mol. The second-order valence-corrected chi connectivity index (χ2v) is 5.28. The molecule has 0 radical (unpaired) electrons. The van der Waals surface area contributed by atoms with Crippen LogP contribution in [0.2, 0.25) is 0 Å². The van der Waals surface area contributed by atoms with E-state index in [4.69, 9.17) is 15.2 Å². The van der Waals surface area contributed by atoms with E-state index in [9.17, 15) is 9.18 Å². The summed E-state index contributed by atoms with van der Waals surface area (Å²) in [7, 11) is 2.65. The fourth-order valence-corrected chi connectivity index (χ4v) is 2.27. The lowest BCUT2D eigenvalue weighted by molar-refractivity contribution is -0.114. The van der Waals surface area contributed by atoms with Gasteiger partial charge in [-0.3, -0.25) is 4.79 Å². The van der Waals surface area contributed by atoms with Crippen LogP contribution >= 0.6 is 0 Å². The van der Waals surface area contributed by atoms with Gasteiger partial charge in [0.2, 0.25) is 11.7 Å². The number of ether oxygens (including phenoxy) is 2. The van der Waals surface area contributed by atoms with E-state index in [1.807, 2.05) is 13.8 Å². The molecular formula is C15H19FN4O3. The zero-order valence-corrected chi connectivity index (χ0v) is 13.7. The summed E-state index contributed by atoms with van der Waals surface area (Å²) in [5, 5.41) is 2.77. The molecule has 0 atom stereocenters. The number of methoxy groups -OCH3 is 2. The lowest BCUT2D eigenvalue weighted by Gasteiger charge is -2.18. The van der Waals surface area contributed by atoms with Crippen molar-refractivity contribution < 1.29 is 18.7 Å². The third-order valence-electron chi connectivity index (χ3n) is 3.27. The van der Waals surface area contributed by atoms with E-state index >= 15 is 0 Å². The summed E-state index contributed by atoms with van der Waals surface area (Å²) >= 11 is 0. The molecule has 23 heavy (non-hydrogen) atoms. The Bertz CT molecular complexity index is 777. The molecule has 0 spiro atoms. The molecule has 1 aromatic carbocycles. The molecule has 1 aromatic heterocycles. The number of hydrogen-bond acceptors (Lipinski definition) is 6. The van der Waals surface area contributed by atoms with E-state index in [2.05, 4.69) is 15.3 Å². The van der Waals surface area contributed by atoms with Crippen LogP contribution < -0.4 is 20.5 Å². The number of amides is 1. The van der Waals surface area contributed by atoms with Crippen LogP contribution in [0.1, 0.15) is 32.5 Å². The third-order valence-corrected chi connectivity index (χ3v) is 3.27. The van der Waals surface area contributed by atoms with Gasteiger partial charge in [-0.1, -0.05) is 13.8 Å². The molecule has 0 saturated carbocycles. The number of nitrogens with zero attached hydrogens (tertiary/aromatic N) is 2. The Kier molecular flexibility index (Phi) is 4.53. The molecule has 1 heterocycles. The Labute approximate surface area is 133 Å². The first-order valence-electron chi connectivity index (χ1n) is 6.99. The third kappa shape index (κ3) is 2.84. The van der Waals surface area contributed by atoms with Gasteiger partial charge in [-0.25, -0.2) is 14.4 Å². The van der Waals surface area contributed by atoms with Crippen LogP contribution in [0.4, 0.5) is 15.9 Å². The molecule has 2 aromatic rings. The Morgan fingerprint density at radius 1 is 1.22 bits per heavy atom. The van der Waals surface area contributed by atoms with E-state index in [1.54, 1.807) is 0 Å². The van der Waals surface area contributed by atoms with Crippen LogP contribution in [0.15, 0.2) is 0 Å². The highest BCUT2D eigenvalue weighted by molar-refractivity contribution is 6.08. The van der Waals surface area contributed by atoms with E-state index < -0.39 is 5.82 Å². The minimum atomic E-state index is -0.718. The topological polar surface area (TPSA) is 99.4 Å². The van der Waals surface area contributed by atoms with Gasteiger partial charge in [0.15, 0.2) is 11.6 Å². The van der Waals surface area contributed by atoms with Gasteiger partial charge in [0, 0.05) is 12.8 Å². The number of hydrogen-bond donors (Lipinski definition) is 2. The zero-order valence-electron chi connectivity index (χ0n) is 13.7. The number of nitrogen functional groups attached to an aromatic ring is 1. The largest absolute Gasteiger partial charge is 0.491 e. The predicted molar refractivity (Wildman–Crippen MR) is 85.4 cm³/mol. The lowest BCUT2D eigenvalue weighted by Crippen LogP contribution is -2.12. The molecule has 0 saturated heterocycles. The summed E-state index contributed by atoms with van der Waals surface area (Å²) in [4.78, 5) is 19.9. The number of rotatable bonds is 4. The average molecular weight is 322 g/mol. The number of fused-ring (bicyclic) bond motifs is 1. The van der Waals surface area contributed by atoms with Gasteiger partial charge in [-0.15, -0.1) is 0 Å². The van der Waals surface area contributed by atoms with E-state index in [0.717, 1.165) is 0 Å². The molecular weight excluding hydrogens is 303 g/mol. The number of nitrogens with two attached hydrogens (primary N) is 1. The van der Waals surface area contributed by atoms with Crippen molar-refractivity contribution in [3.63, 3.8) is 0 Å². The maximum Gasteiger partial charge on any atom is 0.221 e. The molecule has 0 unspecified atom stereocenters. The number of carbonyl (C=O) groups is 1. The Morgan fingerprint density at radius 2 is 1.83 bits per heavy atom. The minimum Gasteiger partial charge on any atom is -0.491 e. The molecule has 0 aliphatic carbocycles. The normalized spacial score (nSPS) is 10.9. The van der Waals surface area contributed by atoms with Gasteiger partial charge >= 0.3 is 0 Å². The molecule has 3 N–H and O–H groups in total. The summed E-state index contributed by atoms with van der Waals surface area (Å²) in [5.74, 6) is -0.803. The van der Waals surface area contributed by atoms with Crippen molar-refractivity contribution in [3.05, 3.63) is 11.6 Å². The summed E-state index contributed by atoms with van der Waals surface area (Å²) in [6.07, 6.45) is 0. The molecule has 0 aliphatic heterocycles. The number of halogens is 1. The Hall–Kier alpha value is -2.64. The summed E-state index contributed by atoms with van der Waals surface area (Å²) in [6, 6.07) is 0. The second-order valence-electron chi connectivity index (χ2n) is 5.28. The number of benzene rings is 1. The van der Waals surface area contributed by atoms with Gasteiger partial charge in [-0.2, -0.15) is 0 Å². The first kappa shape index (κ1) is 16.7. The minimum absolute atomic E-state index is 0.0254. The molecule has 0 bridgehead atoms. The summed E-state index contributed by atoms with van der Waals surface area (Å²) < 4.78 is 25.1. The number of anilines is 2. The van der Waals surface area contributed by atoms with E-state index in [0.29, 0.717) is 5.82 Å². The maximum absolute atomic E-state index is 14.8. The maximum atomic E-state index is 14.8. The number of aromatic nitrogens is 2. The van der Waals surface area contributed by atoms with Gasteiger partial charge in [0.05, 0.1) is 19.6 Å². The SMILES string of the molecule is COc1c(OC)c(NC(C)=O)c2c(N)nc(C(C)C)nc2c1F. The number of carbonyl (C=O) groups excluding carboxylic acids is 1. The van der Waals surface area contributed by atoms with Crippen LogP contribution in [0.5, 0.6) is 11.5 Å². The van der Waals surface area contributed by atoms with Gasteiger partial charge < -0.3 is 20.5 Å². The second kappa shape index (κ2) is 6.23. The predicted octanol–water partition coefficient (Wildman–Crippen LogP) is 2.45. The molecule has 124 valence electrons. The van der Waals surface area contributed by atoms with Crippen molar-refractivity contribution >= 4 is 28.3 Å². The van der Waals surface area contributed by atoms with Crippen LogP contribution in [0.25, 0.3) is 10.9 Å². The van der Waals surface area contributed by atoms with Crippen LogP contribution in [-0.4, -0.2) is 30.1 Å². The van der Waals surface area contributed by atoms with E-state index in [-0.39, 0.29) is 45.7 Å². The number of nitrogens with one attached hydrogen (secondary N) is 1. The molecule has 8 heteroatoms. The van der Waals surface area contributed by atoms with Crippen LogP contribution in [0.3, 0.4) is 0 Å². The molecule has 7 nitrogen and oxygen atoms in total. The Morgan fingerprint density at radius 3 is 2.30 bits per heavy atom. The van der Waals surface area contributed by atoms with Crippen molar-refractivity contribution in [3.8, 4) is 11.5 Å². The fraction of sp³-hybridized carbons (Fsp3) is 0.400. The van der Waals surface area contributed by atoms with Gasteiger partial charge in [-0.05, 0) is 0 Å². The van der Waals surface area contributed by atoms with E-state index in [1.165, 1.54) is 21.1 Å². The summed E-state index contributed by atoms with van der Waals surface area (Å²) in [6.45, 7) is 5.06. The van der Waals surface area contributed by atoms with Crippen molar-refractivity contribution in [2.24, 2.45) is 0 Å². The van der Waals surface area contributed by atoms with Crippen LogP contribution in [0, 0.1) is 5.82 Å². The van der Waals surface area contributed by atoms with Gasteiger partial charge in [0.25, 0.3) is 0 Å². The molecule has 1 amide bonds. The zero-order chi connectivity index (χ0) is 17.3. The smallest absolute Gasteiger partial charge is 0.221 e. The standard InChI is InChI=1S/C15H19FN4O3/c1-6(2)15-19-10-8(14(17)20-15)11(18-7(3)21)13(23-5)12(22-4)9(10)16/h6H,1-5H3,(H,18,21)(H2,17,19,20). The Balaban J connectivity index is 2.98. The summed E-state index contributed by atoms with van der Waals surface area (Å²) in [5.41, 5.74) is 6.15. The molecule has 2 rings (SSSR count). The van der Waals surface area contributed by atoms with Crippen molar-refractivity contribution in [1.82, 2.24) is 9.97 Å². The quantitative estimate of drug-likeness (QED) is 0.897. The molecule has 0 fully saturated rings. The lowest BCUT2D eigenvalue weighted by atomic mass is 10.1. The fourth-order valence-electron chi connectivity index (χ4n) is 2.27. The van der Waals surface area contributed by atoms with Gasteiger partial charge in [0.1, 0.15) is 22.8 Å². The van der Waals surface area contributed by atoms with Crippen LogP contribution in [-0.2, 0) is 4.79 Å². The molecule has 0 aliphatic rings. The average Bonchev–Trinajstić information content (AvgIpc) is 2.48. The first-order valence-corrected chi connectivity index (χ1v) is 6.99. The van der Waals surface area contributed by atoms with Crippen molar-refractivity contribution in [1.29, 1.82) is 0 Å². The van der Waals surface area contributed by atoms with Crippen molar-refractivity contribution in [2.45, 2.75) is 26.7 Å². The highest BCUT2D eigenvalue weighted by Crippen LogP contribution is 2.45. The highest BCUT2D eigenvalue weighted by atomic mass is 19.1. The van der Waals surface area contributed by atoms with Crippen molar-refractivity contribution in [2.75, 3.05) is 25.3 Å². The highest BCUT2D eigenvalue weighted by Gasteiger charge is 2.26. The first-order chi connectivity index (χ1) is 10.8.